The Morgan fingerprint density at radius 3 is 2.16 bits per heavy atom. The standard InChI is InChI=1S/C20H32N2O3/c1-3-5-7-8-10-16-25-18-14-12-17(13-15-18)20(24)22-21-19(23)11-9-6-4-2/h12-15H,3-11,16H2,1-2H3,(H,21,23)(H,22,24). The molecule has 5 nitrogen and oxygen atoms in total. The number of benzene rings is 1. The van der Waals surface area contributed by atoms with Crippen molar-refractivity contribution in [2.75, 3.05) is 6.61 Å². The van der Waals surface area contributed by atoms with Crippen LogP contribution in [0.4, 0.5) is 0 Å². The molecule has 0 fully saturated rings. The zero-order valence-electron chi connectivity index (χ0n) is 15.6. The van der Waals surface area contributed by atoms with E-state index >= 15 is 0 Å². The molecule has 0 heterocycles. The second-order valence-electron chi connectivity index (χ2n) is 6.25. The van der Waals surface area contributed by atoms with Gasteiger partial charge in [0.25, 0.3) is 5.91 Å². The molecule has 5 heteroatoms. The first kappa shape index (κ1) is 21.0. The molecule has 0 unspecified atom stereocenters. The molecule has 0 aliphatic rings. The van der Waals surface area contributed by atoms with Crippen molar-refractivity contribution >= 4 is 11.8 Å². The van der Waals surface area contributed by atoms with E-state index in [2.05, 4.69) is 24.7 Å². The van der Waals surface area contributed by atoms with E-state index in [0.717, 1.165) is 31.4 Å². The zero-order chi connectivity index (χ0) is 18.3. The minimum Gasteiger partial charge on any atom is -0.494 e. The van der Waals surface area contributed by atoms with E-state index in [9.17, 15) is 9.59 Å². The van der Waals surface area contributed by atoms with E-state index in [0.29, 0.717) is 18.6 Å². The quantitative estimate of drug-likeness (QED) is 0.435. The van der Waals surface area contributed by atoms with Crippen LogP contribution in [0.1, 0.15) is 82.0 Å². The van der Waals surface area contributed by atoms with Crippen LogP contribution in [0.5, 0.6) is 5.75 Å². The molecule has 2 N–H and O–H groups in total. The van der Waals surface area contributed by atoms with Gasteiger partial charge in [0.05, 0.1) is 6.61 Å². The number of ether oxygens (including phenoxy) is 1. The summed E-state index contributed by atoms with van der Waals surface area (Å²) in [5.41, 5.74) is 5.37. The Bertz CT molecular complexity index is 500. The van der Waals surface area contributed by atoms with Gasteiger partial charge in [0, 0.05) is 12.0 Å². The monoisotopic (exact) mass is 348 g/mol. The highest BCUT2D eigenvalue weighted by Gasteiger charge is 2.07. The van der Waals surface area contributed by atoms with Crippen LogP contribution in [0.3, 0.4) is 0 Å². The lowest BCUT2D eigenvalue weighted by atomic mass is 10.2. The van der Waals surface area contributed by atoms with Gasteiger partial charge < -0.3 is 4.74 Å². The fourth-order valence-electron chi connectivity index (χ4n) is 2.39. The molecule has 0 spiro atoms. The van der Waals surface area contributed by atoms with Gasteiger partial charge in [0.15, 0.2) is 0 Å². The highest BCUT2D eigenvalue weighted by Crippen LogP contribution is 2.13. The molecule has 1 rings (SSSR count). The number of amides is 2. The van der Waals surface area contributed by atoms with Gasteiger partial charge in [0.2, 0.25) is 5.91 Å². The smallest absolute Gasteiger partial charge is 0.269 e. The predicted molar refractivity (Wildman–Crippen MR) is 100 cm³/mol. The third-order valence-corrected chi connectivity index (χ3v) is 3.96. The van der Waals surface area contributed by atoms with E-state index in [1.807, 2.05) is 0 Å². The summed E-state index contributed by atoms with van der Waals surface area (Å²) < 4.78 is 5.67. The summed E-state index contributed by atoms with van der Waals surface area (Å²) in [6, 6.07) is 6.96. The van der Waals surface area contributed by atoms with E-state index in [1.165, 1.54) is 25.7 Å². The van der Waals surface area contributed by atoms with Gasteiger partial charge in [-0.15, -0.1) is 0 Å². The van der Waals surface area contributed by atoms with Crippen molar-refractivity contribution in [1.82, 2.24) is 10.9 Å². The molecule has 0 radical (unpaired) electrons. The number of nitrogens with one attached hydrogen (secondary N) is 2. The lowest BCUT2D eigenvalue weighted by Gasteiger charge is -2.09. The summed E-state index contributed by atoms with van der Waals surface area (Å²) in [6.07, 6.45) is 9.35. The first-order chi connectivity index (χ1) is 12.2. The summed E-state index contributed by atoms with van der Waals surface area (Å²) in [7, 11) is 0. The first-order valence-corrected chi connectivity index (χ1v) is 9.49. The van der Waals surface area contributed by atoms with Crippen LogP contribution >= 0.6 is 0 Å². The molecule has 2 amide bonds. The molecular weight excluding hydrogens is 316 g/mol. The molecule has 0 aliphatic heterocycles. The first-order valence-electron chi connectivity index (χ1n) is 9.49. The number of hydrogen-bond donors (Lipinski definition) is 2. The van der Waals surface area contributed by atoms with Crippen LogP contribution in [0.2, 0.25) is 0 Å². The molecule has 0 aromatic heterocycles. The van der Waals surface area contributed by atoms with Gasteiger partial charge >= 0.3 is 0 Å². The Kier molecular flexibility index (Phi) is 11.2. The molecule has 0 saturated carbocycles. The van der Waals surface area contributed by atoms with Gasteiger partial charge in [-0.05, 0) is 37.1 Å². The van der Waals surface area contributed by atoms with E-state index < -0.39 is 0 Å². The Morgan fingerprint density at radius 2 is 1.48 bits per heavy atom. The third kappa shape index (κ3) is 9.75. The number of carbonyl (C=O) groups excluding carboxylic acids is 2. The van der Waals surface area contributed by atoms with Crippen molar-refractivity contribution in [3.8, 4) is 5.75 Å². The number of hydrogen-bond acceptors (Lipinski definition) is 3. The minimum atomic E-state index is -0.324. The minimum absolute atomic E-state index is 0.162. The molecule has 0 bridgehead atoms. The Labute approximate surface area is 151 Å². The lowest BCUT2D eigenvalue weighted by molar-refractivity contribution is -0.121. The normalized spacial score (nSPS) is 10.3. The Balaban J connectivity index is 2.25. The van der Waals surface area contributed by atoms with E-state index in [-0.39, 0.29) is 11.8 Å². The summed E-state index contributed by atoms with van der Waals surface area (Å²) in [6.45, 7) is 4.98. The van der Waals surface area contributed by atoms with Crippen molar-refractivity contribution < 1.29 is 14.3 Å². The molecule has 1 aromatic carbocycles. The van der Waals surface area contributed by atoms with E-state index in [1.54, 1.807) is 24.3 Å². The highest BCUT2D eigenvalue weighted by atomic mass is 16.5. The van der Waals surface area contributed by atoms with Crippen molar-refractivity contribution in [3.05, 3.63) is 29.8 Å². The van der Waals surface area contributed by atoms with Crippen LogP contribution in [-0.4, -0.2) is 18.4 Å². The van der Waals surface area contributed by atoms with Gasteiger partial charge in [0.1, 0.15) is 5.75 Å². The average molecular weight is 348 g/mol. The number of rotatable bonds is 12. The second-order valence-corrected chi connectivity index (χ2v) is 6.25. The van der Waals surface area contributed by atoms with Crippen LogP contribution in [-0.2, 0) is 4.79 Å². The Morgan fingerprint density at radius 1 is 0.840 bits per heavy atom. The summed E-state index contributed by atoms with van der Waals surface area (Å²) in [4.78, 5) is 23.6. The maximum Gasteiger partial charge on any atom is 0.269 e. The third-order valence-electron chi connectivity index (χ3n) is 3.96. The van der Waals surface area contributed by atoms with Gasteiger partial charge in [-0.3, -0.25) is 20.4 Å². The molecular formula is C20H32N2O3. The largest absolute Gasteiger partial charge is 0.494 e. The van der Waals surface area contributed by atoms with Gasteiger partial charge in [-0.1, -0.05) is 52.4 Å². The van der Waals surface area contributed by atoms with Crippen molar-refractivity contribution in [2.45, 2.75) is 71.6 Å². The second kappa shape index (κ2) is 13.3. The van der Waals surface area contributed by atoms with Crippen molar-refractivity contribution in [3.63, 3.8) is 0 Å². The van der Waals surface area contributed by atoms with Crippen molar-refractivity contribution in [1.29, 1.82) is 0 Å². The number of unbranched alkanes of at least 4 members (excludes halogenated alkanes) is 6. The van der Waals surface area contributed by atoms with Gasteiger partial charge in [-0.25, -0.2) is 0 Å². The maximum atomic E-state index is 12.0. The Hall–Kier alpha value is -2.04. The topological polar surface area (TPSA) is 67.4 Å². The molecule has 25 heavy (non-hydrogen) atoms. The average Bonchev–Trinajstić information content (AvgIpc) is 2.63. The number of hydrazine groups is 1. The summed E-state index contributed by atoms with van der Waals surface area (Å²) in [5, 5.41) is 0. The zero-order valence-corrected chi connectivity index (χ0v) is 15.6. The van der Waals surface area contributed by atoms with Crippen LogP contribution in [0.25, 0.3) is 0 Å². The summed E-state index contributed by atoms with van der Waals surface area (Å²) >= 11 is 0. The molecule has 0 atom stereocenters. The van der Waals surface area contributed by atoms with E-state index in [4.69, 9.17) is 4.74 Å². The molecule has 1 aromatic rings. The maximum absolute atomic E-state index is 12.0. The van der Waals surface area contributed by atoms with Crippen LogP contribution < -0.4 is 15.6 Å². The van der Waals surface area contributed by atoms with Crippen molar-refractivity contribution in [2.24, 2.45) is 0 Å². The van der Waals surface area contributed by atoms with Gasteiger partial charge in [-0.2, -0.15) is 0 Å². The summed E-state index contributed by atoms with van der Waals surface area (Å²) in [5.74, 6) is 0.274. The van der Waals surface area contributed by atoms with Crippen LogP contribution in [0, 0.1) is 0 Å². The molecule has 0 aliphatic carbocycles. The molecule has 140 valence electrons. The fourth-order valence-corrected chi connectivity index (χ4v) is 2.39. The lowest BCUT2D eigenvalue weighted by Crippen LogP contribution is -2.41. The highest BCUT2D eigenvalue weighted by molar-refractivity contribution is 5.95. The fraction of sp³-hybridized carbons (Fsp3) is 0.600. The van der Waals surface area contributed by atoms with Crippen LogP contribution in [0.15, 0.2) is 24.3 Å². The number of carbonyl (C=O) groups is 2. The predicted octanol–water partition coefficient (Wildman–Crippen LogP) is 4.38. The molecule has 0 saturated heterocycles. The SMILES string of the molecule is CCCCCCCOc1ccc(C(=O)NNC(=O)CCCCC)cc1.